The lowest BCUT2D eigenvalue weighted by atomic mass is 9.27. The molecular formula is C118H76B3F8N9O. The third-order valence-electron chi connectivity index (χ3n) is 27.8. The lowest BCUT2D eigenvalue weighted by Gasteiger charge is -2.53. The van der Waals surface area contributed by atoms with E-state index >= 15 is 35.1 Å². The Morgan fingerprint density at radius 2 is 0.446 bits per heavy atom. The average Bonchev–Trinajstić information content (AvgIpc) is 0.645. The van der Waals surface area contributed by atoms with Crippen LogP contribution in [0.3, 0.4) is 0 Å². The normalized spacial score (nSPS) is 13.2. The van der Waals surface area contributed by atoms with Gasteiger partial charge in [-0.3, -0.25) is 0 Å². The number of halogens is 8. The summed E-state index contributed by atoms with van der Waals surface area (Å²) in [4.78, 5) is 18.6. The Labute approximate surface area is 798 Å². The Morgan fingerprint density at radius 1 is 0.201 bits per heavy atom. The molecule has 21 heteroatoms. The highest BCUT2D eigenvalue weighted by atomic mass is 19.2. The summed E-state index contributed by atoms with van der Waals surface area (Å²) in [6.07, 6.45) is 0. The van der Waals surface area contributed by atoms with E-state index in [1.54, 1.807) is 0 Å². The van der Waals surface area contributed by atoms with Gasteiger partial charge in [-0.2, -0.15) is 0 Å². The summed E-state index contributed by atoms with van der Waals surface area (Å²) in [5.74, 6) is -6.11. The van der Waals surface area contributed by atoms with Crippen LogP contribution in [0.2, 0.25) is 0 Å². The lowest BCUT2D eigenvalue weighted by Crippen LogP contribution is -2.69. The van der Waals surface area contributed by atoms with Gasteiger partial charge >= 0.3 is 0 Å². The minimum absolute atomic E-state index is 0.0256. The highest BCUT2D eigenvalue weighted by Gasteiger charge is 2.57. The first-order valence-electron chi connectivity index (χ1n) is 46.2. The van der Waals surface area contributed by atoms with Crippen LogP contribution in [0.5, 0.6) is 11.5 Å². The van der Waals surface area contributed by atoms with Crippen molar-refractivity contribution in [1.29, 1.82) is 0 Å². The molecule has 0 saturated carbocycles. The maximum absolute atomic E-state index is 17.7. The van der Waals surface area contributed by atoms with Crippen molar-refractivity contribution in [3.8, 4) is 11.5 Å². The molecule has 10 nitrogen and oxygen atoms in total. The minimum Gasteiger partial charge on any atom is -0.453 e. The molecule has 0 amide bonds. The fourth-order valence-corrected chi connectivity index (χ4v) is 22.4. The quantitative estimate of drug-likeness (QED) is 0.0690. The highest BCUT2D eigenvalue weighted by molar-refractivity contribution is 7.06. The van der Waals surface area contributed by atoms with Gasteiger partial charge in [-0.05, 0) is 279 Å². The predicted octanol–water partition coefficient (Wildman–Crippen LogP) is 26.9. The Balaban J connectivity index is 0.839. The van der Waals surface area contributed by atoms with Crippen LogP contribution in [0.25, 0.3) is 0 Å². The smallest absolute Gasteiger partial charge is 0.252 e. The monoisotopic (exact) mass is 1820 g/mol. The molecule has 0 radical (unpaired) electrons. The molecule has 7 aliphatic heterocycles. The summed E-state index contributed by atoms with van der Waals surface area (Å²) in [7, 11) is 0. The second-order valence-electron chi connectivity index (χ2n) is 37.1. The fourth-order valence-electron chi connectivity index (χ4n) is 22.4. The van der Waals surface area contributed by atoms with Crippen molar-refractivity contribution in [2.45, 2.75) is 26.2 Å². The zero-order chi connectivity index (χ0) is 93.6. The van der Waals surface area contributed by atoms with Crippen molar-refractivity contribution in [2.24, 2.45) is 0 Å². The summed E-state index contributed by atoms with van der Waals surface area (Å²) in [5.41, 5.74) is 21.5. The summed E-state index contributed by atoms with van der Waals surface area (Å²) in [6, 6.07) is 125. The number of hydrogen-bond acceptors (Lipinski definition) is 10. The molecule has 0 unspecified atom stereocenters. The van der Waals surface area contributed by atoms with Gasteiger partial charge in [-0.25, -0.2) is 35.1 Å². The van der Waals surface area contributed by atoms with E-state index in [1.165, 1.54) is 48.5 Å². The third kappa shape index (κ3) is 13.2. The molecule has 19 aromatic carbocycles. The summed E-state index contributed by atoms with van der Waals surface area (Å²) < 4.78 is 146. The Morgan fingerprint density at radius 3 is 0.734 bits per heavy atom. The van der Waals surface area contributed by atoms with E-state index in [2.05, 4.69) is 167 Å². The molecule has 7 heterocycles. The predicted molar refractivity (Wildman–Crippen MR) is 551 cm³/mol. The van der Waals surface area contributed by atoms with E-state index < -0.39 is 72.1 Å². The molecular weight excluding hydrogens is 1740 g/mol. The van der Waals surface area contributed by atoms with Crippen LogP contribution in [-0.4, -0.2) is 20.1 Å². The van der Waals surface area contributed by atoms with E-state index in [0.717, 1.165) is 97.6 Å². The molecule has 0 aliphatic carbocycles. The van der Waals surface area contributed by atoms with E-state index in [-0.39, 0.29) is 22.7 Å². The SMILES string of the molecule is CC(C)(C)c1cc2c3c(c1)N(c1cc(F)cc(F)c1)c1cc4c(cc1B3c1cc(N(c3ccccc3)c3ccccc3)ccc1N2c1cc(F)cc(F)c1)B1c2cc(N(c3ccccc3)c3ccccc3)cc3c2N2c5c(cc(N(c6ccccc6)c6ccccc6)cc5B5c6cc(N(c7ccccc7)c7ccccc7)ccc6N(c6cc(F)cc(F)c6)c6cc(c1c2c65)N4c1cc(F)cc(F)c1)O3. The maximum Gasteiger partial charge on any atom is 0.252 e. The van der Waals surface area contributed by atoms with Crippen LogP contribution in [0.15, 0.2) is 406 Å². The first kappa shape index (κ1) is 82.5. The van der Waals surface area contributed by atoms with E-state index in [4.69, 9.17) is 4.74 Å². The molecule has 0 bridgehead atoms. The van der Waals surface area contributed by atoms with Crippen LogP contribution in [0.1, 0.15) is 26.3 Å². The van der Waals surface area contributed by atoms with Crippen molar-refractivity contribution in [1.82, 2.24) is 0 Å². The maximum atomic E-state index is 17.7. The van der Waals surface area contributed by atoms with Crippen molar-refractivity contribution >= 4 is 223 Å². The van der Waals surface area contributed by atoms with Crippen LogP contribution in [-0.2, 0) is 5.41 Å². The van der Waals surface area contributed by atoms with E-state index in [0.29, 0.717) is 124 Å². The van der Waals surface area contributed by atoms with Crippen molar-refractivity contribution < 1.29 is 39.9 Å². The number of rotatable bonds is 16. The molecule has 664 valence electrons. The van der Waals surface area contributed by atoms with Crippen molar-refractivity contribution in [2.75, 3.05) is 44.1 Å². The van der Waals surface area contributed by atoms with Gasteiger partial charge in [0.15, 0.2) is 11.5 Å². The number of fused-ring (bicyclic) bond motifs is 10. The molecule has 0 atom stereocenters. The molecule has 0 fully saturated rings. The zero-order valence-corrected chi connectivity index (χ0v) is 74.9. The van der Waals surface area contributed by atoms with Crippen LogP contribution in [0.4, 0.5) is 189 Å². The van der Waals surface area contributed by atoms with Crippen molar-refractivity contribution in [3.05, 3.63) is 459 Å². The molecule has 0 aromatic heterocycles. The summed E-state index contributed by atoms with van der Waals surface area (Å²) >= 11 is 0. The average molecular weight is 1820 g/mol. The molecule has 139 heavy (non-hydrogen) atoms. The van der Waals surface area contributed by atoms with Gasteiger partial charge in [-0.15, -0.1) is 0 Å². The molecule has 19 aromatic rings. The summed E-state index contributed by atoms with van der Waals surface area (Å²) in [5, 5.41) is 0. The molecule has 0 N–H and O–H groups in total. The van der Waals surface area contributed by atoms with Gasteiger partial charge in [0, 0.05) is 156 Å². The number of ether oxygens (including phenoxy) is 1. The number of para-hydroxylation sites is 8. The first-order valence-corrected chi connectivity index (χ1v) is 46.2. The highest BCUT2D eigenvalue weighted by Crippen LogP contribution is 2.61. The van der Waals surface area contributed by atoms with Crippen LogP contribution in [0, 0.1) is 46.5 Å². The Bertz CT molecular complexity index is 8050. The third-order valence-corrected chi connectivity index (χ3v) is 27.8. The summed E-state index contributed by atoms with van der Waals surface area (Å²) in [6.45, 7) is 3.41. The molecule has 7 aliphatic rings. The zero-order valence-electron chi connectivity index (χ0n) is 74.9. The van der Waals surface area contributed by atoms with Gasteiger partial charge in [0.05, 0.1) is 34.1 Å². The van der Waals surface area contributed by atoms with Gasteiger partial charge in [0.25, 0.3) is 20.1 Å². The minimum atomic E-state index is -0.988. The van der Waals surface area contributed by atoms with Gasteiger partial charge < -0.3 is 48.8 Å². The molecule has 0 spiro atoms. The van der Waals surface area contributed by atoms with Gasteiger partial charge in [0.1, 0.15) is 46.5 Å². The number of benzene rings is 19. The number of hydrogen-bond donors (Lipinski definition) is 0. The Hall–Kier alpha value is -17.2. The van der Waals surface area contributed by atoms with Gasteiger partial charge in [-0.1, -0.05) is 172 Å². The largest absolute Gasteiger partial charge is 0.453 e. The standard InChI is InChI=1S/C118H76B3F8N9O/c1-118(2,3)71-48-106-112-107(49-71)136(92-58-76(126)52-77(127)59-92)104-69-105-99(68-98(104)119(112)96-62-88(44-46-102(96)134(106)90-54-72(122)50-73(123)55-90)130(80-28-12-4-13-29-80)81-30-14-5-15-31-81)121-101-65-95(133(86-40-24-10-25-41-86)87-42-26-11-27-43-87)67-111-116(101)138-115-100(64-94(66-110(115)139-111)132(84-36-20-8-21-37-84)85-38-22-9-23-39-85)120-97-63-89(131(82-32-16-6-17-33-82)83-34-18-7-19-35-83)45-47-103(97)135(91-56-74(124)51-75(125)57-91)108-70-109(114(121)117(138)113(108)120)137(105)93-60-78(128)53-79(129)61-93/h4-70H,1-3H3. The first-order chi connectivity index (χ1) is 67.8. The number of anilines is 27. The van der Waals surface area contributed by atoms with Crippen LogP contribution >= 0.6 is 0 Å². The number of nitrogens with zero attached hydrogens (tertiary/aromatic N) is 9. The molecule has 26 rings (SSSR count). The van der Waals surface area contributed by atoms with Crippen molar-refractivity contribution in [3.63, 3.8) is 0 Å². The van der Waals surface area contributed by atoms with E-state index in [1.807, 2.05) is 232 Å². The second-order valence-corrected chi connectivity index (χ2v) is 37.1. The van der Waals surface area contributed by atoms with E-state index in [9.17, 15) is 0 Å². The molecule has 0 saturated heterocycles. The lowest BCUT2D eigenvalue weighted by molar-refractivity contribution is 0.478. The second kappa shape index (κ2) is 31.7. The Kier molecular flexibility index (Phi) is 18.8. The fraction of sp³-hybridized carbons (Fsp3) is 0.0339. The van der Waals surface area contributed by atoms with Crippen LogP contribution < -0.4 is 98.0 Å². The van der Waals surface area contributed by atoms with Gasteiger partial charge in [0.2, 0.25) is 0 Å². The topological polar surface area (TPSA) is 38.4 Å².